The molecule has 7 heteroatoms. The maximum atomic E-state index is 13.6. The molecule has 1 aromatic rings. The molecule has 6 nitrogen and oxygen atoms in total. The van der Waals surface area contributed by atoms with Crippen LogP contribution < -0.4 is 15.2 Å². The van der Waals surface area contributed by atoms with Gasteiger partial charge in [0, 0.05) is 25.2 Å². The Hall–Kier alpha value is -1.86. The fraction of sp³-hybridized carbons (Fsp3) is 0.632. The van der Waals surface area contributed by atoms with E-state index < -0.39 is 6.17 Å². The van der Waals surface area contributed by atoms with Crippen LogP contribution in [0, 0.1) is 0 Å². The van der Waals surface area contributed by atoms with E-state index in [4.69, 9.17) is 15.2 Å². The van der Waals surface area contributed by atoms with Crippen LogP contribution >= 0.6 is 0 Å². The lowest BCUT2D eigenvalue weighted by Crippen LogP contribution is -2.60. The average Bonchev–Trinajstić information content (AvgIpc) is 2.97. The Kier molecular flexibility index (Phi) is 4.52. The van der Waals surface area contributed by atoms with Gasteiger partial charge in [0.15, 0.2) is 11.5 Å². The van der Waals surface area contributed by atoms with Crippen LogP contribution in [-0.4, -0.2) is 67.8 Å². The zero-order chi connectivity index (χ0) is 18.4. The van der Waals surface area contributed by atoms with E-state index in [1.807, 2.05) is 0 Å². The van der Waals surface area contributed by atoms with Gasteiger partial charge in [0.25, 0.3) is 0 Å². The number of methoxy groups -OCH3 is 2. The minimum absolute atomic E-state index is 0.00746. The first kappa shape index (κ1) is 17.5. The van der Waals surface area contributed by atoms with Crippen molar-refractivity contribution >= 4 is 5.91 Å². The molecule has 3 aliphatic rings. The molecule has 3 heterocycles. The number of alkyl halides is 1. The van der Waals surface area contributed by atoms with Gasteiger partial charge >= 0.3 is 0 Å². The molecule has 1 aromatic carbocycles. The highest BCUT2D eigenvalue weighted by Crippen LogP contribution is 2.42. The van der Waals surface area contributed by atoms with Crippen molar-refractivity contribution in [2.45, 2.75) is 43.6 Å². The zero-order valence-electron chi connectivity index (χ0n) is 15.3. The predicted molar refractivity (Wildman–Crippen MR) is 95.2 cm³/mol. The van der Waals surface area contributed by atoms with Crippen molar-refractivity contribution in [1.29, 1.82) is 0 Å². The molecule has 0 radical (unpaired) electrons. The van der Waals surface area contributed by atoms with Gasteiger partial charge in [-0.25, -0.2) is 4.39 Å². The van der Waals surface area contributed by atoms with Crippen LogP contribution in [0.4, 0.5) is 4.39 Å². The zero-order valence-corrected chi connectivity index (χ0v) is 15.3. The second-order valence-corrected chi connectivity index (χ2v) is 7.48. The van der Waals surface area contributed by atoms with Crippen LogP contribution in [0.1, 0.15) is 30.0 Å². The number of nitrogens with two attached hydrogens (primary N) is 1. The molecule has 3 aliphatic heterocycles. The average molecular weight is 363 g/mol. The Morgan fingerprint density at radius 3 is 2.58 bits per heavy atom. The number of carbonyl (C=O) groups is 1. The summed E-state index contributed by atoms with van der Waals surface area (Å²) in [6.45, 7) is 1.77. The number of halogens is 1. The van der Waals surface area contributed by atoms with E-state index in [0.717, 1.165) is 30.9 Å². The fourth-order valence-corrected chi connectivity index (χ4v) is 4.70. The molecular formula is C19H26FN3O3. The number of benzene rings is 1. The molecule has 2 saturated heterocycles. The smallest absolute Gasteiger partial charge is 0.226 e. The summed E-state index contributed by atoms with van der Waals surface area (Å²) in [6.07, 6.45) is 0.583. The molecule has 0 saturated carbocycles. The van der Waals surface area contributed by atoms with E-state index in [9.17, 15) is 9.18 Å². The molecule has 0 aromatic heterocycles. The summed E-state index contributed by atoms with van der Waals surface area (Å²) >= 11 is 0. The van der Waals surface area contributed by atoms with Crippen LogP contribution in [-0.2, 0) is 11.2 Å². The summed E-state index contributed by atoms with van der Waals surface area (Å²) in [6, 6.07) is 4.03. The van der Waals surface area contributed by atoms with Crippen molar-refractivity contribution in [2.75, 3.05) is 33.9 Å². The molecule has 1 amide bonds. The SMILES string of the molecule is COc1cc2c(cc1OC)[C@@H]1C[C@H](N)[C@@H](N3CC(F)CC3=O)CN1CC2. The largest absolute Gasteiger partial charge is 0.493 e. The van der Waals surface area contributed by atoms with E-state index in [-0.39, 0.29) is 37.0 Å². The summed E-state index contributed by atoms with van der Waals surface area (Å²) in [7, 11) is 3.28. The van der Waals surface area contributed by atoms with Gasteiger partial charge in [-0.2, -0.15) is 0 Å². The number of likely N-dealkylation sites (tertiary alicyclic amines) is 1. The quantitative estimate of drug-likeness (QED) is 0.876. The normalized spacial score (nSPS) is 31.5. The summed E-state index contributed by atoms with van der Waals surface area (Å²) in [5, 5.41) is 0. The second-order valence-electron chi connectivity index (χ2n) is 7.48. The second kappa shape index (κ2) is 6.70. The number of amides is 1. The van der Waals surface area contributed by atoms with Crippen LogP contribution in [0.3, 0.4) is 0 Å². The standard InChI is InChI=1S/C19H26FN3O3/c1-25-17-5-11-3-4-22-10-16(23-9-12(20)6-19(23)24)14(21)8-15(22)13(11)7-18(17)26-2/h5,7,12,14-16H,3-4,6,8-10,21H2,1-2H3/t12?,14-,15-,16-/m0/s1. The third kappa shape index (κ3) is 2.83. The van der Waals surface area contributed by atoms with Gasteiger partial charge in [-0.3, -0.25) is 9.69 Å². The van der Waals surface area contributed by atoms with Crippen LogP contribution in [0.2, 0.25) is 0 Å². The number of hydrogen-bond acceptors (Lipinski definition) is 5. The highest BCUT2D eigenvalue weighted by atomic mass is 19.1. The summed E-state index contributed by atoms with van der Waals surface area (Å²) < 4.78 is 24.5. The molecule has 0 bridgehead atoms. The predicted octanol–water partition coefficient (Wildman–Crippen LogP) is 1.27. The summed E-state index contributed by atoms with van der Waals surface area (Å²) in [4.78, 5) is 16.2. The van der Waals surface area contributed by atoms with Gasteiger partial charge in [-0.05, 0) is 36.1 Å². The van der Waals surface area contributed by atoms with Gasteiger partial charge < -0.3 is 20.1 Å². The van der Waals surface area contributed by atoms with Crippen molar-refractivity contribution in [3.05, 3.63) is 23.3 Å². The van der Waals surface area contributed by atoms with Crippen LogP contribution in [0.25, 0.3) is 0 Å². The first-order chi connectivity index (χ1) is 12.5. The van der Waals surface area contributed by atoms with E-state index in [1.54, 1.807) is 19.1 Å². The molecule has 0 spiro atoms. The van der Waals surface area contributed by atoms with Gasteiger partial charge in [0.05, 0.1) is 33.2 Å². The van der Waals surface area contributed by atoms with Crippen molar-refractivity contribution in [1.82, 2.24) is 9.80 Å². The lowest BCUT2D eigenvalue weighted by molar-refractivity contribution is -0.131. The lowest BCUT2D eigenvalue weighted by atomic mass is 9.83. The monoisotopic (exact) mass is 363 g/mol. The number of ether oxygens (including phenoxy) is 2. The van der Waals surface area contributed by atoms with Gasteiger partial charge in [0.2, 0.25) is 5.91 Å². The van der Waals surface area contributed by atoms with Crippen LogP contribution in [0.5, 0.6) is 11.5 Å². The number of hydrogen-bond donors (Lipinski definition) is 1. The number of fused-ring (bicyclic) bond motifs is 3. The van der Waals surface area contributed by atoms with Crippen molar-refractivity contribution in [2.24, 2.45) is 5.73 Å². The Morgan fingerprint density at radius 1 is 1.19 bits per heavy atom. The molecule has 4 atom stereocenters. The van der Waals surface area contributed by atoms with Gasteiger partial charge in [-0.1, -0.05) is 0 Å². The summed E-state index contributed by atoms with van der Waals surface area (Å²) in [5.41, 5.74) is 8.94. The number of carbonyl (C=O) groups excluding carboxylic acids is 1. The highest BCUT2D eigenvalue weighted by molar-refractivity contribution is 5.79. The first-order valence-corrected chi connectivity index (χ1v) is 9.19. The Labute approximate surface area is 153 Å². The van der Waals surface area contributed by atoms with Crippen LogP contribution in [0.15, 0.2) is 12.1 Å². The van der Waals surface area contributed by atoms with E-state index in [0.29, 0.717) is 6.54 Å². The Morgan fingerprint density at radius 2 is 1.92 bits per heavy atom. The number of piperidine rings is 1. The van der Waals surface area contributed by atoms with E-state index >= 15 is 0 Å². The molecule has 4 rings (SSSR count). The third-order valence-corrected chi connectivity index (χ3v) is 6.04. The van der Waals surface area contributed by atoms with Gasteiger partial charge in [0.1, 0.15) is 6.17 Å². The maximum absolute atomic E-state index is 13.6. The third-order valence-electron chi connectivity index (χ3n) is 6.04. The topological polar surface area (TPSA) is 68.0 Å². The highest BCUT2D eigenvalue weighted by Gasteiger charge is 2.44. The van der Waals surface area contributed by atoms with Crippen molar-refractivity contribution in [3.63, 3.8) is 0 Å². The molecule has 0 aliphatic carbocycles. The Balaban J connectivity index is 1.60. The minimum Gasteiger partial charge on any atom is -0.493 e. The molecule has 2 N–H and O–H groups in total. The Bertz CT molecular complexity index is 714. The summed E-state index contributed by atoms with van der Waals surface area (Å²) in [5.74, 6) is 1.35. The van der Waals surface area contributed by atoms with E-state index in [1.165, 1.54) is 11.1 Å². The number of rotatable bonds is 3. The van der Waals surface area contributed by atoms with Crippen molar-refractivity contribution in [3.8, 4) is 11.5 Å². The fourth-order valence-electron chi connectivity index (χ4n) is 4.70. The molecule has 26 heavy (non-hydrogen) atoms. The molecule has 1 unspecified atom stereocenters. The number of nitrogens with zero attached hydrogens (tertiary/aromatic N) is 2. The van der Waals surface area contributed by atoms with E-state index in [2.05, 4.69) is 17.0 Å². The minimum atomic E-state index is -1.06. The maximum Gasteiger partial charge on any atom is 0.226 e. The lowest BCUT2D eigenvalue weighted by Gasteiger charge is -2.48. The molecule has 142 valence electrons. The molecular weight excluding hydrogens is 337 g/mol. The first-order valence-electron chi connectivity index (χ1n) is 9.19. The van der Waals surface area contributed by atoms with Gasteiger partial charge in [-0.15, -0.1) is 0 Å². The molecule has 2 fully saturated rings. The van der Waals surface area contributed by atoms with Crippen molar-refractivity contribution < 1.29 is 18.7 Å².